The van der Waals surface area contributed by atoms with Gasteiger partial charge in [0.2, 0.25) is 0 Å². The summed E-state index contributed by atoms with van der Waals surface area (Å²) in [5.74, 6) is -1.65. The highest BCUT2D eigenvalue weighted by Gasteiger charge is 2.41. The largest absolute Gasteiger partial charge is 0.391 e. The van der Waals surface area contributed by atoms with Crippen molar-refractivity contribution < 1.29 is 17.6 Å². The molecular weight excluding hydrogens is 284 g/mol. The monoisotopic (exact) mass is 304 g/mol. The van der Waals surface area contributed by atoms with E-state index in [-0.39, 0.29) is 37.8 Å². The van der Waals surface area contributed by atoms with Crippen LogP contribution in [0.2, 0.25) is 0 Å². The fraction of sp³-hybridized carbons (Fsp3) is 0.600. The molecule has 0 saturated carbocycles. The van der Waals surface area contributed by atoms with Crippen LogP contribution in [0.25, 0.3) is 0 Å². The number of hydrogen-bond acceptors (Lipinski definition) is 2. The van der Waals surface area contributed by atoms with Gasteiger partial charge in [0, 0.05) is 19.1 Å². The number of hydrogen-bond donors (Lipinski definition) is 1. The van der Waals surface area contributed by atoms with Gasteiger partial charge in [-0.05, 0) is 38.4 Å². The van der Waals surface area contributed by atoms with Gasteiger partial charge in [-0.25, -0.2) is 4.39 Å². The average Bonchev–Trinajstić information content (AvgIpc) is 2.45. The summed E-state index contributed by atoms with van der Waals surface area (Å²) in [6, 6.07) is 4.74. The van der Waals surface area contributed by atoms with Crippen LogP contribution in [0.15, 0.2) is 18.2 Å². The third-order valence-corrected chi connectivity index (χ3v) is 4.19. The first-order chi connectivity index (χ1) is 9.84. The van der Waals surface area contributed by atoms with Crippen molar-refractivity contribution >= 4 is 5.69 Å². The molecule has 0 spiro atoms. The minimum absolute atomic E-state index is 0.0191. The smallest absolute Gasteiger partial charge is 0.369 e. The Hall–Kier alpha value is -1.30. The maximum atomic E-state index is 14.2. The Bertz CT molecular complexity index is 479. The SMILES string of the molecule is CNC(C)c1cccc(F)c1N1CCC(C(F)(F)F)CC1. The van der Waals surface area contributed by atoms with E-state index in [0.29, 0.717) is 5.69 Å². The van der Waals surface area contributed by atoms with Crippen LogP contribution in [0, 0.1) is 11.7 Å². The summed E-state index contributed by atoms with van der Waals surface area (Å²) in [6.07, 6.45) is -4.11. The summed E-state index contributed by atoms with van der Waals surface area (Å²) in [6.45, 7) is 2.36. The number of para-hydroxylation sites is 1. The van der Waals surface area contributed by atoms with Crippen molar-refractivity contribution in [3.05, 3.63) is 29.6 Å². The highest BCUT2D eigenvalue weighted by Crippen LogP contribution is 2.37. The zero-order chi connectivity index (χ0) is 15.6. The van der Waals surface area contributed by atoms with Gasteiger partial charge in [0.15, 0.2) is 0 Å². The Labute approximate surface area is 122 Å². The van der Waals surface area contributed by atoms with Gasteiger partial charge >= 0.3 is 6.18 Å². The van der Waals surface area contributed by atoms with Crippen LogP contribution < -0.4 is 10.2 Å². The number of rotatable bonds is 3. The van der Waals surface area contributed by atoms with Gasteiger partial charge in [-0.2, -0.15) is 13.2 Å². The molecule has 0 bridgehead atoms. The van der Waals surface area contributed by atoms with Gasteiger partial charge < -0.3 is 10.2 Å². The Morgan fingerprint density at radius 1 is 1.24 bits per heavy atom. The van der Waals surface area contributed by atoms with Crippen molar-refractivity contribution in [1.82, 2.24) is 5.32 Å². The van der Waals surface area contributed by atoms with Gasteiger partial charge in [-0.1, -0.05) is 12.1 Å². The second kappa shape index (κ2) is 6.22. The second-order valence-electron chi connectivity index (χ2n) is 5.49. The van der Waals surface area contributed by atoms with Crippen LogP contribution in [0.1, 0.15) is 31.4 Å². The predicted molar refractivity (Wildman–Crippen MR) is 74.9 cm³/mol. The van der Waals surface area contributed by atoms with Gasteiger partial charge in [-0.15, -0.1) is 0 Å². The van der Waals surface area contributed by atoms with E-state index in [0.717, 1.165) is 5.56 Å². The maximum absolute atomic E-state index is 14.2. The van der Waals surface area contributed by atoms with Crippen molar-refractivity contribution in [3.8, 4) is 0 Å². The first-order valence-corrected chi connectivity index (χ1v) is 7.12. The summed E-state index contributed by atoms with van der Waals surface area (Å²) in [5.41, 5.74) is 1.21. The molecule has 1 fully saturated rings. The van der Waals surface area contributed by atoms with E-state index in [1.54, 1.807) is 18.0 Å². The molecule has 1 aromatic carbocycles. The topological polar surface area (TPSA) is 15.3 Å². The Balaban J connectivity index is 2.20. The molecule has 0 amide bonds. The van der Waals surface area contributed by atoms with Gasteiger partial charge in [0.25, 0.3) is 0 Å². The molecule has 0 radical (unpaired) electrons. The van der Waals surface area contributed by atoms with Crippen LogP contribution in [0.5, 0.6) is 0 Å². The van der Waals surface area contributed by atoms with Crippen molar-refractivity contribution in [1.29, 1.82) is 0 Å². The fourth-order valence-electron chi connectivity index (χ4n) is 2.80. The molecule has 1 aliphatic heterocycles. The molecule has 1 aliphatic rings. The summed E-state index contributed by atoms with van der Waals surface area (Å²) in [7, 11) is 1.77. The van der Waals surface area contributed by atoms with E-state index in [4.69, 9.17) is 0 Å². The first-order valence-electron chi connectivity index (χ1n) is 7.12. The zero-order valence-electron chi connectivity index (χ0n) is 12.2. The van der Waals surface area contributed by atoms with E-state index in [1.807, 2.05) is 13.0 Å². The molecule has 1 unspecified atom stereocenters. The second-order valence-corrected chi connectivity index (χ2v) is 5.49. The predicted octanol–water partition coefficient (Wildman–Crippen LogP) is 3.88. The van der Waals surface area contributed by atoms with Crippen molar-refractivity contribution in [3.63, 3.8) is 0 Å². The number of benzene rings is 1. The van der Waals surface area contributed by atoms with Crippen LogP contribution in [0.3, 0.4) is 0 Å². The molecule has 1 aromatic rings. The number of nitrogens with one attached hydrogen (secondary N) is 1. The van der Waals surface area contributed by atoms with Gasteiger partial charge in [0.05, 0.1) is 11.6 Å². The highest BCUT2D eigenvalue weighted by atomic mass is 19.4. The summed E-state index contributed by atoms with van der Waals surface area (Å²) < 4.78 is 52.3. The van der Waals surface area contributed by atoms with Crippen molar-refractivity contribution in [2.75, 3.05) is 25.0 Å². The summed E-state index contributed by atoms with van der Waals surface area (Å²) in [5, 5.41) is 3.05. The van der Waals surface area contributed by atoms with Crippen LogP contribution in [-0.4, -0.2) is 26.3 Å². The Kier molecular flexibility index (Phi) is 4.76. The van der Waals surface area contributed by atoms with E-state index < -0.39 is 12.1 Å². The third-order valence-electron chi connectivity index (χ3n) is 4.19. The molecule has 21 heavy (non-hydrogen) atoms. The van der Waals surface area contributed by atoms with E-state index in [1.165, 1.54) is 6.07 Å². The van der Waals surface area contributed by atoms with E-state index in [2.05, 4.69) is 5.32 Å². The van der Waals surface area contributed by atoms with Crippen LogP contribution >= 0.6 is 0 Å². The lowest BCUT2D eigenvalue weighted by Gasteiger charge is -2.36. The van der Waals surface area contributed by atoms with Crippen LogP contribution in [0.4, 0.5) is 23.2 Å². The Morgan fingerprint density at radius 3 is 2.38 bits per heavy atom. The highest BCUT2D eigenvalue weighted by molar-refractivity contribution is 5.56. The molecule has 2 nitrogen and oxygen atoms in total. The maximum Gasteiger partial charge on any atom is 0.391 e. The number of piperidine rings is 1. The fourth-order valence-corrected chi connectivity index (χ4v) is 2.80. The van der Waals surface area contributed by atoms with Crippen molar-refractivity contribution in [2.45, 2.75) is 32.0 Å². The third kappa shape index (κ3) is 3.48. The number of nitrogens with zero attached hydrogens (tertiary/aromatic N) is 1. The van der Waals surface area contributed by atoms with Crippen LogP contribution in [-0.2, 0) is 0 Å². The molecule has 1 heterocycles. The molecule has 2 rings (SSSR count). The number of alkyl halides is 3. The minimum Gasteiger partial charge on any atom is -0.369 e. The summed E-state index contributed by atoms with van der Waals surface area (Å²) in [4.78, 5) is 1.74. The lowest BCUT2D eigenvalue weighted by molar-refractivity contribution is -0.179. The van der Waals surface area contributed by atoms with Gasteiger partial charge in [0.1, 0.15) is 5.82 Å². The lowest BCUT2D eigenvalue weighted by Crippen LogP contribution is -2.40. The molecule has 1 saturated heterocycles. The first kappa shape index (κ1) is 16.1. The normalized spacial score (nSPS) is 18.9. The quantitative estimate of drug-likeness (QED) is 0.852. The molecule has 6 heteroatoms. The number of anilines is 1. The van der Waals surface area contributed by atoms with Gasteiger partial charge in [-0.3, -0.25) is 0 Å². The zero-order valence-corrected chi connectivity index (χ0v) is 12.2. The van der Waals surface area contributed by atoms with E-state index in [9.17, 15) is 17.6 Å². The number of halogens is 4. The average molecular weight is 304 g/mol. The molecular formula is C15H20F4N2. The van der Waals surface area contributed by atoms with Crippen molar-refractivity contribution in [2.24, 2.45) is 5.92 Å². The summed E-state index contributed by atoms with van der Waals surface area (Å²) >= 11 is 0. The molecule has 118 valence electrons. The van der Waals surface area contributed by atoms with E-state index >= 15 is 0 Å². The molecule has 0 aromatic heterocycles. The molecule has 0 aliphatic carbocycles. The lowest BCUT2D eigenvalue weighted by atomic mass is 9.94. The molecule has 1 atom stereocenters. The minimum atomic E-state index is -4.15. The Morgan fingerprint density at radius 2 is 1.86 bits per heavy atom. The molecule has 1 N–H and O–H groups in total. The standard InChI is InChI=1S/C15H20F4N2/c1-10(20-2)12-4-3-5-13(16)14(12)21-8-6-11(7-9-21)15(17,18)19/h3-5,10-11,20H,6-9H2,1-2H3.